The molecule has 2 aliphatic carbocycles. The van der Waals surface area contributed by atoms with Crippen LogP contribution in [0.3, 0.4) is 0 Å². The fourth-order valence-corrected chi connectivity index (χ4v) is 4.83. The van der Waals surface area contributed by atoms with Crippen molar-refractivity contribution >= 4 is 5.97 Å². The van der Waals surface area contributed by atoms with Crippen LogP contribution in [0.5, 0.6) is 0 Å². The summed E-state index contributed by atoms with van der Waals surface area (Å²) < 4.78 is 17.4. The van der Waals surface area contributed by atoms with E-state index in [-0.39, 0.29) is 24.1 Å². The van der Waals surface area contributed by atoms with Crippen molar-refractivity contribution in [3.63, 3.8) is 0 Å². The van der Waals surface area contributed by atoms with Gasteiger partial charge in [0.25, 0.3) is 0 Å². The summed E-state index contributed by atoms with van der Waals surface area (Å²) >= 11 is 0. The van der Waals surface area contributed by atoms with Crippen LogP contribution < -0.4 is 0 Å². The second-order valence-electron chi connectivity index (χ2n) is 7.56. The van der Waals surface area contributed by atoms with Gasteiger partial charge >= 0.3 is 5.97 Å². The molecule has 1 saturated carbocycles. The molecule has 0 aromatic carbocycles. The fourth-order valence-electron chi connectivity index (χ4n) is 4.83. The van der Waals surface area contributed by atoms with Crippen molar-refractivity contribution in [3.8, 4) is 0 Å². The van der Waals surface area contributed by atoms with E-state index in [1.165, 1.54) is 6.92 Å². The zero-order chi connectivity index (χ0) is 17.7. The number of hydrogen-bond donors (Lipinski definition) is 1. The Hall–Kier alpha value is -1.33. The third-order valence-corrected chi connectivity index (χ3v) is 6.36. The molecule has 0 spiro atoms. The second-order valence-corrected chi connectivity index (χ2v) is 7.56. The van der Waals surface area contributed by atoms with Gasteiger partial charge in [-0.3, -0.25) is 4.79 Å². The lowest BCUT2D eigenvalue weighted by Gasteiger charge is -2.59. The Morgan fingerprint density at radius 1 is 1.50 bits per heavy atom. The highest BCUT2D eigenvalue weighted by molar-refractivity contribution is 5.66. The van der Waals surface area contributed by atoms with Crippen LogP contribution in [0.4, 0.5) is 0 Å². The van der Waals surface area contributed by atoms with Crippen LogP contribution in [-0.4, -0.2) is 29.4 Å². The van der Waals surface area contributed by atoms with E-state index in [1.54, 1.807) is 6.26 Å². The van der Waals surface area contributed by atoms with Gasteiger partial charge in [-0.15, -0.1) is 0 Å². The van der Waals surface area contributed by atoms with E-state index < -0.39 is 11.0 Å². The molecular formula is C19H28O5. The highest BCUT2D eigenvalue weighted by Crippen LogP contribution is 2.61. The molecule has 1 aromatic heterocycles. The summed E-state index contributed by atoms with van der Waals surface area (Å²) in [6, 6.07) is 0. The van der Waals surface area contributed by atoms with Crippen LogP contribution in [0, 0.1) is 18.3 Å². The van der Waals surface area contributed by atoms with Gasteiger partial charge < -0.3 is 19.0 Å². The second kappa shape index (κ2) is 5.88. The summed E-state index contributed by atoms with van der Waals surface area (Å²) in [6.07, 6.45) is 2.96. The lowest BCUT2D eigenvalue weighted by molar-refractivity contribution is -0.236. The third kappa shape index (κ3) is 2.32. The van der Waals surface area contributed by atoms with Gasteiger partial charge in [-0.2, -0.15) is 0 Å². The van der Waals surface area contributed by atoms with Crippen LogP contribution >= 0.6 is 0 Å². The minimum atomic E-state index is -0.930. The summed E-state index contributed by atoms with van der Waals surface area (Å²) in [5.41, 5.74) is 0.622. The SMILES string of the molecule is CCO[C@@H]1c2c(C)coc2C[C@@]2(O)CC[C@H](OC(C)=O)[C@H](C)[C@@]12C. The summed E-state index contributed by atoms with van der Waals surface area (Å²) in [5, 5.41) is 11.5. The monoisotopic (exact) mass is 336 g/mol. The van der Waals surface area contributed by atoms with E-state index in [4.69, 9.17) is 13.9 Å². The normalized spacial score (nSPS) is 38.3. The lowest BCUT2D eigenvalue weighted by Crippen LogP contribution is -2.63. The van der Waals surface area contributed by atoms with Crippen molar-refractivity contribution in [2.24, 2.45) is 11.3 Å². The van der Waals surface area contributed by atoms with E-state index in [2.05, 4.69) is 13.8 Å². The van der Waals surface area contributed by atoms with Gasteiger partial charge in [0.15, 0.2) is 0 Å². The Morgan fingerprint density at radius 3 is 2.83 bits per heavy atom. The molecule has 3 rings (SSSR count). The molecule has 0 aliphatic heterocycles. The van der Waals surface area contributed by atoms with Gasteiger partial charge in [0.2, 0.25) is 0 Å². The number of carbonyl (C=O) groups is 1. The summed E-state index contributed by atoms with van der Waals surface area (Å²) in [6.45, 7) is 10.1. The smallest absolute Gasteiger partial charge is 0.302 e. The Bertz CT molecular complexity index is 636. The first-order valence-corrected chi connectivity index (χ1v) is 8.82. The van der Waals surface area contributed by atoms with E-state index in [1.807, 2.05) is 13.8 Å². The zero-order valence-electron chi connectivity index (χ0n) is 15.2. The maximum absolute atomic E-state index is 11.5. The van der Waals surface area contributed by atoms with Crippen LogP contribution in [-0.2, 0) is 20.7 Å². The maximum atomic E-state index is 11.5. The molecule has 5 nitrogen and oxygen atoms in total. The number of aryl methyl sites for hydroxylation is 1. The first-order valence-electron chi connectivity index (χ1n) is 8.82. The van der Waals surface area contributed by atoms with Gasteiger partial charge in [-0.05, 0) is 32.3 Å². The summed E-state index contributed by atoms with van der Waals surface area (Å²) in [7, 11) is 0. The topological polar surface area (TPSA) is 68.9 Å². The van der Waals surface area contributed by atoms with Crippen molar-refractivity contribution in [1.82, 2.24) is 0 Å². The molecule has 0 unspecified atom stereocenters. The van der Waals surface area contributed by atoms with Crippen LogP contribution in [0.15, 0.2) is 10.7 Å². The molecule has 0 amide bonds. The number of esters is 1. The van der Waals surface area contributed by atoms with Crippen molar-refractivity contribution < 1.29 is 23.8 Å². The standard InChI is InChI=1S/C19H28O5/c1-6-22-17-16-11(2)10-23-15(16)9-19(21)8-7-14(24-13(4)20)12(3)18(17,19)5/h10,12,14,17,21H,6-9H2,1-5H3/t12-,14-,17+,18-,19-/m0/s1. The number of rotatable bonds is 3. The molecule has 0 bridgehead atoms. The fraction of sp³-hybridized carbons (Fsp3) is 0.737. The Kier molecular flexibility index (Phi) is 4.29. The van der Waals surface area contributed by atoms with Gasteiger partial charge in [-0.25, -0.2) is 0 Å². The highest BCUT2D eigenvalue weighted by atomic mass is 16.5. The van der Waals surface area contributed by atoms with E-state index >= 15 is 0 Å². The van der Waals surface area contributed by atoms with Crippen molar-refractivity contribution in [2.75, 3.05) is 6.61 Å². The molecule has 0 saturated heterocycles. The summed E-state index contributed by atoms with van der Waals surface area (Å²) in [4.78, 5) is 11.5. The Labute approximate surface area is 143 Å². The molecule has 1 heterocycles. The average molecular weight is 336 g/mol. The van der Waals surface area contributed by atoms with E-state index in [0.717, 1.165) is 16.9 Å². The minimum absolute atomic E-state index is 0.0286. The number of furan rings is 1. The van der Waals surface area contributed by atoms with Crippen LogP contribution in [0.2, 0.25) is 0 Å². The molecule has 1 fully saturated rings. The third-order valence-electron chi connectivity index (χ3n) is 6.36. The van der Waals surface area contributed by atoms with Gasteiger partial charge in [0.05, 0.1) is 18.0 Å². The van der Waals surface area contributed by atoms with E-state index in [0.29, 0.717) is 25.9 Å². The Balaban J connectivity index is 2.09. The molecule has 5 atom stereocenters. The predicted molar refractivity (Wildman–Crippen MR) is 88.5 cm³/mol. The molecular weight excluding hydrogens is 308 g/mol. The average Bonchev–Trinajstić information content (AvgIpc) is 2.86. The molecule has 5 heteroatoms. The number of ether oxygens (including phenoxy) is 2. The summed E-state index contributed by atoms with van der Waals surface area (Å²) in [5.74, 6) is 0.521. The van der Waals surface area contributed by atoms with Crippen LogP contribution in [0.1, 0.15) is 63.5 Å². The predicted octanol–water partition coefficient (Wildman–Crippen LogP) is 3.32. The lowest BCUT2D eigenvalue weighted by atomic mass is 9.51. The Morgan fingerprint density at radius 2 is 2.21 bits per heavy atom. The van der Waals surface area contributed by atoms with Crippen molar-refractivity contribution in [3.05, 3.63) is 23.2 Å². The maximum Gasteiger partial charge on any atom is 0.302 e. The number of fused-ring (bicyclic) bond motifs is 2. The molecule has 1 aromatic rings. The number of carbonyl (C=O) groups excluding carboxylic acids is 1. The van der Waals surface area contributed by atoms with Crippen LogP contribution in [0.25, 0.3) is 0 Å². The van der Waals surface area contributed by atoms with Crippen molar-refractivity contribution in [1.29, 1.82) is 0 Å². The molecule has 24 heavy (non-hydrogen) atoms. The number of aliphatic hydroxyl groups is 1. The quantitative estimate of drug-likeness (QED) is 0.858. The largest absolute Gasteiger partial charge is 0.469 e. The highest BCUT2D eigenvalue weighted by Gasteiger charge is 2.64. The molecule has 0 radical (unpaired) electrons. The van der Waals surface area contributed by atoms with Gasteiger partial charge in [0.1, 0.15) is 11.9 Å². The first kappa shape index (κ1) is 17.5. The van der Waals surface area contributed by atoms with Crippen molar-refractivity contribution in [2.45, 2.75) is 71.7 Å². The zero-order valence-corrected chi connectivity index (χ0v) is 15.2. The van der Waals surface area contributed by atoms with Gasteiger partial charge in [-0.1, -0.05) is 13.8 Å². The van der Waals surface area contributed by atoms with E-state index in [9.17, 15) is 9.90 Å². The molecule has 2 aliphatic rings. The number of hydrogen-bond acceptors (Lipinski definition) is 5. The van der Waals surface area contributed by atoms with Gasteiger partial charge in [0, 0.05) is 36.8 Å². The molecule has 134 valence electrons. The minimum Gasteiger partial charge on any atom is -0.469 e. The first-order chi connectivity index (χ1) is 11.2. The molecule has 1 N–H and O–H groups in total.